The van der Waals surface area contributed by atoms with Gasteiger partial charge in [0.05, 0.1) is 0 Å². The van der Waals surface area contributed by atoms with Gasteiger partial charge in [-0.15, -0.1) is 0 Å². The highest BCUT2D eigenvalue weighted by molar-refractivity contribution is 6.29. The zero-order valence-electron chi connectivity index (χ0n) is 6.01. The van der Waals surface area contributed by atoms with Crippen molar-refractivity contribution in [2.75, 3.05) is 6.61 Å². The van der Waals surface area contributed by atoms with E-state index in [1.54, 1.807) is 0 Å². The van der Waals surface area contributed by atoms with Crippen LogP contribution in [0.5, 0.6) is 5.75 Å². The number of hydrogen-bond donors (Lipinski definition) is 0. The number of ether oxygens (including phenoxy) is 1. The SMILES string of the molecule is FC(F)COc1ccnc(Cl)c1. The predicted octanol–water partition coefficient (Wildman–Crippen LogP) is 2.38. The van der Waals surface area contributed by atoms with Crippen LogP contribution < -0.4 is 4.74 Å². The summed E-state index contributed by atoms with van der Waals surface area (Å²) in [5, 5.41) is 0.224. The lowest BCUT2D eigenvalue weighted by Crippen LogP contribution is -2.06. The van der Waals surface area contributed by atoms with Gasteiger partial charge >= 0.3 is 0 Å². The summed E-state index contributed by atoms with van der Waals surface area (Å²) >= 11 is 5.48. The Kier molecular flexibility index (Phi) is 3.22. The van der Waals surface area contributed by atoms with E-state index in [0.29, 0.717) is 5.75 Å². The summed E-state index contributed by atoms with van der Waals surface area (Å²) in [6.07, 6.45) is -1.08. The van der Waals surface area contributed by atoms with Crippen LogP contribution in [-0.4, -0.2) is 18.0 Å². The van der Waals surface area contributed by atoms with E-state index in [-0.39, 0.29) is 5.15 Å². The molecule has 0 fully saturated rings. The number of aromatic nitrogens is 1. The summed E-state index contributed by atoms with van der Waals surface area (Å²) in [5.74, 6) is 0.301. The zero-order chi connectivity index (χ0) is 8.97. The van der Waals surface area contributed by atoms with Gasteiger partial charge in [-0.05, 0) is 6.07 Å². The van der Waals surface area contributed by atoms with Gasteiger partial charge in [-0.25, -0.2) is 13.8 Å². The van der Waals surface area contributed by atoms with Gasteiger partial charge in [0.15, 0.2) is 0 Å². The Morgan fingerprint density at radius 2 is 2.33 bits per heavy atom. The van der Waals surface area contributed by atoms with Gasteiger partial charge in [-0.2, -0.15) is 0 Å². The zero-order valence-corrected chi connectivity index (χ0v) is 6.76. The van der Waals surface area contributed by atoms with Crippen molar-refractivity contribution >= 4 is 11.6 Å². The molecule has 0 aliphatic rings. The van der Waals surface area contributed by atoms with Crippen LogP contribution in [0, 0.1) is 0 Å². The number of nitrogens with zero attached hydrogens (tertiary/aromatic N) is 1. The standard InChI is InChI=1S/C7H6ClF2NO/c8-6-3-5(1-2-11-6)12-4-7(9)10/h1-3,7H,4H2. The van der Waals surface area contributed by atoms with Crippen molar-refractivity contribution < 1.29 is 13.5 Å². The maximum atomic E-state index is 11.6. The van der Waals surface area contributed by atoms with Crippen molar-refractivity contribution in [1.29, 1.82) is 0 Å². The number of rotatable bonds is 3. The van der Waals surface area contributed by atoms with Gasteiger partial charge in [-0.1, -0.05) is 11.6 Å². The fourth-order valence-corrected chi connectivity index (χ4v) is 0.798. The van der Waals surface area contributed by atoms with Crippen LogP contribution in [0.2, 0.25) is 5.15 Å². The Labute approximate surface area is 73.1 Å². The first-order valence-corrected chi connectivity index (χ1v) is 3.59. The third-order valence-electron chi connectivity index (χ3n) is 1.07. The third-order valence-corrected chi connectivity index (χ3v) is 1.28. The molecule has 0 spiro atoms. The molecule has 2 nitrogen and oxygen atoms in total. The minimum Gasteiger partial charge on any atom is -0.487 e. The first-order chi connectivity index (χ1) is 5.68. The predicted molar refractivity (Wildman–Crippen MR) is 40.7 cm³/mol. The molecule has 1 rings (SSSR count). The highest BCUT2D eigenvalue weighted by Crippen LogP contribution is 2.14. The van der Waals surface area contributed by atoms with E-state index in [0.717, 1.165) is 0 Å². The van der Waals surface area contributed by atoms with Crippen molar-refractivity contribution in [3.05, 3.63) is 23.5 Å². The molecule has 0 saturated heterocycles. The van der Waals surface area contributed by atoms with E-state index in [4.69, 9.17) is 11.6 Å². The lowest BCUT2D eigenvalue weighted by molar-refractivity contribution is 0.0818. The maximum absolute atomic E-state index is 11.6. The van der Waals surface area contributed by atoms with Crippen LogP contribution in [0.15, 0.2) is 18.3 Å². The first kappa shape index (κ1) is 9.19. The van der Waals surface area contributed by atoms with E-state index in [1.807, 2.05) is 0 Å². The molecular formula is C7H6ClF2NO. The second-order valence-corrected chi connectivity index (χ2v) is 2.40. The second-order valence-electron chi connectivity index (χ2n) is 2.02. The first-order valence-electron chi connectivity index (χ1n) is 3.21. The largest absolute Gasteiger partial charge is 0.487 e. The summed E-state index contributed by atoms with van der Waals surface area (Å²) in [4.78, 5) is 3.66. The molecule has 0 unspecified atom stereocenters. The normalized spacial score (nSPS) is 10.3. The Bertz CT molecular complexity index is 257. The minimum atomic E-state index is -2.48. The number of pyridine rings is 1. The van der Waals surface area contributed by atoms with Crippen LogP contribution in [0.1, 0.15) is 0 Å². The summed E-state index contributed by atoms with van der Waals surface area (Å²) in [6, 6.07) is 2.85. The molecule has 1 aromatic rings. The molecule has 12 heavy (non-hydrogen) atoms. The van der Waals surface area contributed by atoms with E-state index in [1.165, 1.54) is 18.3 Å². The third kappa shape index (κ3) is 3.00. The molecule has 5 heteroatoms. The van der Waals surface area contributed by atoms with Crippen LogP contribution in [-0.2, 0) is 0 Å². The molecule has 0 aromatic carbocycles. The number of hydrogen-bond acceptors (Lipinski definition) is 2. The summed E-state index contributed by atoms with van der Waals surface area (Å²) < 4.78 is 28.0. The van der Waals surface area contributed by atoms with Crippen molar-refractivity contribution in [3.8, 4) is 5.75 Å². The van der Waals surface area contributed by atoms with Gasteiger partial charge < -0.3 is 4.74 Å². The van der Waals surface area contributed by atoms with E-state index in [2.05, 4.69) is 9.72 Å². The second kappa shape index (κ2) is 4.21. The summed E-state index contributed by atoms with van der Waals surface area (Å²) in [6.45, 7) is -0.625. The molecule has 0 N–H and O–H groups in total. The lowest BCUT2D eigenvalue weighted by atomic mass is 10.4. The highest BCUT2D eigenvalue weighted by atomic mass is 35.5. The van der Waals surface area contributed by atoms with Crippen molar-refractivity contribution in [2.24, 2.45) is 0 Å². The fraction of sp³-hybridized carbons (Fsp3) is 0.286. The Morgan fingerprint density at radius 3 is 2.92 bits per heavy atom. The van der Waals surface area contributed by atoms with E-state index >= 15 is 0 Å². The Morgan fingerprint density at radius 1 is 1.58 bits per heavy atom. The Balaban J connectivity index is 2.52. The van der Waals surface area contributed by atoms with Crippen LogP contribution in [0.4, 0.5) is 8.78 Å². The summed E-state index contributed by atoms with van der Waals surface area (Å²) in [5.41, 5.74) is 0. The van der Waals surface area contributed by atoms with Gasteiger partial charge in [0, 0.05) is 12.3 Å². The monoisotopic (exact) mass is 193 g/mol. The minimum absolute atomic E-state index is 0.224. The van der Waals surface area contributed by atoms with Crippen molar-refractivity contribution in [1.82, 2.24) is 4.98 Å². The van der Waals surface area contributed by atoms with Crippen LogP contribution in [0.3, 0.4) is 0 Å². The quantitative estimate of drug-likeness (QED) is 0.688. The van der Waals surface area contributed by atoms with E-state index < -0.39 is 13.0 Å². The molecule has 0 saturated carbocycles. The average Bonchev–Trinajstić information content (AvgIpc) is 2.01. The molecular weight excluding hydrogens is 188 g/mol. The molecule has 1 heterocycles. The lowest BCUT2D eigenvalue weighted by Gasteiger charge is -2.03. The molecule has 0 amide bonds. The van der Waals surface area contributed by atoms with Gasteiger partial charge in [0.25, 0.3) is 6.43 Å². The molecule has 0 radical (unpaired) electrons. The molecule has 0 aliphatic heterocycles. The van der Waals surface area contributed by atoms with Gasteiger partial charge in [-0.3, -0.25) is 0 Å². The molecule has 0 aliphatic carbocycles. The van der Waals surface area contributed by atoms with Crippen molar-refractivity contribution in [3.63, 3.8) is 0 Å². The van der Waals surface area contributed by atoms with E-state index in [9.17, 15) is 8.78 Å². The topological polar surface area (TPSA) is 22.1 Å². The average molecular weight is 194 g/mol. The fourth-order valence-electron chi connectivity index (χ4n) is 0.634. The van der Waals surface area contributed by atoms with Crippen LogP contribution >= 0.6 is 11.6 Å². The molecule has 1 aromatic heterocycles. The number of halogens is 3. The molecule has 66 valence electrons. The highest BCUT2D eigenvalue weighted by Gasteiger charge is 2.03. The Hall–Kier alpha value is -0.900. The summed E-state index contributed by atoms with van der Waals surface area (Å²) in [7, 11) is 0. The van der Waals surface area contributed by atoms with Crippen molar-refractivity contribution in [2.45, 2.75) is 6.43 Å². The van der Waals surface area contributed by atoms with Gasteiger partial charge in [0.1, 0.15) is 17.5 Å². The number of alkyl halides is 2. The molecule has 0 atom stereocenters. The van der Waals surface area contributed by atoms with Crippen LogP contribution in [0.25, 0.3) is 0 Å². The smallest absolute Gasteiger partial charge is 0.272 e. The molecule has 0 bridgehead atoms. The van der Waals surface area contributed by atoms with Gasteiger partial charge in [0.2, 0.25) is 0 Å². The maximum Gasteiger partial charge on any atom is 0.272 e.